The van der Waals surface area contributed by atoms with E-state index in [0.29, 0.717) is 0 Å². The number of hydrogen-bond donors (Lipinski definition) is 1. The summed E-state index contributed by atoms with van der Waals surface area (Å²) in [6.07, 6.45) is 2.28. The number of nitrogens with two attached hydrogens (primary N) is 1. The second kappa shape index (κ2) is 6.33. The predicted octanol–water partition coefficient (Wildman–Crippen LogP) is 2.34. The number of nitrogens with zero attached hydrogens (tertiary/aromatic N) is 2. The molecule has 0 spiro atoms. The van der Waals surface area contributed by atoms with Crippen molar-refractivity contribution in [2.45, 2.75) is 33.2 Å². The maximum absolute atomic E-state index is 5.91. The van der Waals surface area contributed by atoms with E-state index in [1.54, 1.807) is 11.3 Å². The van der Waals surface area contributed by atoms with Crippen LogP contribution in [0.25, 0.3) is 0 Å². The minimum Gasteiger partial charge on any atom is -0.330 e. The van der Waals surface area contributed by atoms with Crippen molar-refractivity contribution in [3.63, 3.8) is 0 Å². The highest BCUT2D eigenvalue weighted by atomic mass is 32.1. The van der Waals surface area contributed by atoms with Crippen molar-refractivity contribution in [2.24, 2.45) is 11.1 Å². The van der Waals surface area contributed by atoms with Crippen LogP contribution in [0.5, 0.6) is 0 Å². The van der Waals surface area contributed by atoms with Crippen LogP contribution in [0.15, 0.2) is 10.9 Å². The molecular formula is C12H23N3S. The lowest BCUT2D eigenvalue weighted by molar-refractivity contribution is 0.161. The molecule has 0 aliphatic carbocycles. The van der Waals surface area contributed by atoms with Gasteiger partial charge in [-0.15, -0.1) is 11.3 Å². The Morgan fingerprint density at radius 1 is 1.44 bits per heavy atom. The molecule has 0 bridgehead atoms. The molecule has 0 fully saturated rings. The summed E-state index contributed by atoms with van der Waals surface area (Å²) in [6.45, 7) is 7.20. The summed E-state index contributed by atoms with van der Waals surface area (Å²) in [4.78, 5) is 6.64. The van der Waals surface area contributed by atoms with Crippen molar-refractivity contribution >= 4 is 11.3 Å². The van der Waals surface area contributed by atoms with Crippen molar-refractivity contribution in [3.05, 3.63) is 16.6 Å². The zero-order valence-electron chi connectivity index (χ0n) is 10.6. The highest BCUT2D eigenvalue weighted by molar-refractivity contribution is 7.07. The molecular weight excluding hydrogens is 218 g/mol. The van der Waals surface area contributed by atoms with Crippen molar-refractivity contribution in [1.82, 2.24) is 9.88 Å². The second-order valence-corrected chi connectivity index (χ2v) is 5.28. The Kier molecular flexibility index (Phi) is 5.38. The van der Waals surface area contributed by atoms with E-state index in [1.807, 2.05) is 5.51 Å². The molecule has 16 heavy (non-hydrogen) atoms. The van der Waals surface area contributed by atoms with Crippen LogP contribution >= 0.6 is 11.3 Å². The van der Waals surface area contributed by atoms with Gasteiger partial charge in [0.15, 0.2) is 0 Å². The van der Waals surface area contributed by atoms with Crippen LogP contribution in [0.4, 0.5) is 0 Å². The van der Waals surface area contributed by atoms with Gasteiger partial charge in [-0.3, -0.25) is 4.90 Å². The first-order valence-corrected chi connectivity index (χ1v) is 6.85. The van der Waals surface area contributed by atoms with Gasteiger partial charge in [-0.2, -0.15) is 0 Å². The summed E-state index contributed by atoms with van der Waals surface area (Å²) in [5.74, 6) is 0. The fourth-order valence-electron chi connectivity index (χ4n) is 2.05. The van der Waals surface area contributed by atoms with E-state index in [4.69, 9.17) is 5.73 Å². The molecule has 1 rings (SSSR count). The van der Waals surface area contributed by atoms with Gasteiger partial charge in [0, 0.05) is 18.5 Å². The molecule has 0 aromatic carbocycles. The van der Waals surface area contributed by atoms with E-state index in [1.165, 1.54) is 0 Å². The van der Waals surface area contributed by atoms with Crippen molar-refractivity contribution < 1.29 is 0 Å². The largest absolute Gasteiger partial charge is 0.330 e. The molecule has 2 N–H and O–H groups in total. The quantitative estimate of drug-likeness (QED) is 0.796. The molecule has 0 saturated carbocycles. The van der Waals surface area contributed by atoms with Gasteiger partial charge < -0.3 is 5.73 Å². The molecule has 3 nitrogen and oxygen atoms in total. The first kappa shape index (κ1) is 13.6. The van der Waals surface area contributed by atoms with Crippen LogP contribution in [0, 0.1) is 5.41 Å². The molecule has 0 atom stereocenters. The van der Waals surface area contributed by atoms with Gasteiger partial charge in [0.2, 0.25) is 0 Å². The Morgan fingerprint density at radius 3 is 2.56 bits per heavy atom. The number of rotatable bonds is 7. The molecule has 92 valence electrons. The molecule has 1 aromatic heterocycles. The summed E-state index contributed by atoms with van der Waals surface area (Å²) in [6, 6.07) is 0. The maximum Gasteiger partial charge on any atom is 0.0795 e. The van der Waals surface area contributed by atoms with Gasteiger partial charge in [-0.05, 0) is 31.8 Å². The average molecular weight is 241 g/mol. The first-order chi connectivity index (χ1) is 7.65. The molecule has 0 radical (unpaired) electrons. The van der Waals surface area contributed by atoms with Gasteiger partial charge in [-0.25, -0.2) is 4.98 Å². The van der Waals surface area contributed by atoms with Crippen molar-refractivity contribution in [1.29, 1.82) is 0 Å². The summed E-state index contributed by atoms with van der Waals surface area (Å²) < 4.78 is 0. The third-order valence-corrected chi connectivity index (χ3v) is 4.09. The Morgan fingerprint density at radius 2 is 2.12 bits per heavy atom. The minimum absolute atomic E-state index is 0.269. The highest BCUT2D eigenvalue weighted by Crippen LogP contribution is 2.26. The Hall–Kier alpha value is -0.450. The van der Waals surface area contributed by atoms with Crippen LogP contribution in [0.2, 0.25) is 0 Å². The third-order valence-electron chi connectivity index (χ3n) is 3.45. The van der Waals surface area contributed by atoms with Crippen molar-refractivity contribution in [3.8, 4) is 0 Å². The molecule has 1 aromatic rings. The number of aromatic nitrogens is 1. The Bertz CT molecular complexity index is 272. The lowest BCUT2D eigenvalue weighted by Gasteiger charge is -2.34. The Labute approximate surface area is 103 Å². The van der Waals surface area contributed by atoms with Crippen LogP contribution in [-0.2, 0) is 6.54 Å². The molecule has 0 aliphatic rings. The van der Waals surface area contributed by atoms with Gasteiger partial charge in [-0.1, -0.05) is 13.8 Å². The third kappa shape index (κ3) is 3.54. The fraction of sp³-hybridized carbons (Fsp3) is 0.750. The molecule has 0 amide bonds. The minimum atomic E-state index is 0.269. The van der Waals surface area contributed by atoms with Gasteiger partial charge >= 0.3 is 0 Å². The molecule has 0 unspecified atom stereocenters. The van der Waals surface area contributed by atoms with Crippen LogP contribution in [-0.4, -0.2) is 30.0 Å². The number of hydrogen-bond acceptors (Lipinski definition) is 4. The standard InChI is InChI=1S/C12H23N3S/c1-4-12(5-2,8-13)9-15(3)6-11-7-16-10-14-11/h7,10H,4-6,8-9,13H2,1-3H3. The van der Waals surface area contributed by atoms with Crippen molar-refractivity contribution in [2.75, 3.05) is 20.1 Å². The predicted molar refractivity (Wildman–Crippen MR) is 70.5 cm³/mol. The summed E-state index contributed by atoms with van der Waals surface area (Å²) in [7, 11) is 2.15. The fourth-order valence-corrected chi connectivity index (χ4v) is 2.60. The molecule has 4 heteroatoms. The zero-order chi connectivity index (χ0) is 12.0. The van der Waals surface area contributed by atoms with Gasteiger partial charge in [0.05, 0.1) is 11.2 Å². The molecule has 1 heterocycles. The summed E-state index contributed by atoms with van der Waals surface area (Å²) in [5.41, 5.74) is 9.22. The lowest BCUT2D eigenvalue weighted by Crippen LogP contribution is -2.40. The SMILES string of the molecule is CCC(CC)(CN)CN(C)Cc1cscn1. The van der Waals surface area contributed by atoms with Gasteiger partial charge in [0.25, 0.3) is 0 Å². The second-order valence-electron chi connectivity index (χ2n) is 4.56. The van der Waals surface area contributed by atoms with E-state index < -0.39 is 0 Å². The average Bonchev–Trinajstić information content (AvgIpc) is 2.79. The van der Waals surface area contributed by atoms with Gasteiger partial charge in [0.1, 0.15) is 0 Å². The number of thiazole rings is 1. The summed E-state index contributed by atoms with van der Waals surface area (Å²) >= 11 is 1.65. The van der Waals surface area contributed by atoms with E-state index >= 15 is 0 Å². The smallest absolute Gasteiger partial charge is 0.0795 e. The maximum atomic E-state index is 5.91. The Balaban J connectivity index is 2.51. The zero-order valence-corrected chi connectivity index (χ0v) is 11.4. The van der Waals surface area contributed by atoms with E-state index in [0.717, 1.165) is 38.2 Å². The lowest BCUT2D eigenvalue weighted by atomic mass is 9.82. The molecule has 0 aliphatic heterocycles. The molecule has 0 saturated heterocycles. The van der Waals surface area contributed by atoms with Crippen LogP contribution in [0.3, 0.4) is 0 Å². The van der Waals surface area contributed by atoms with Crippen LogP contribution in [0.1, 0.15) is 32.4 Å². The topological polar surface area (TPSA) is 42.1 Å². The normalized spacial score (nSPS) is 12.3. The monoisotopic (exact) mass is 241 g/mol. The summed E-state index contributed by atoms with van der Waals surface area (Å²) in [5, 5.41) is 2.11. The van der Waals surface area contributed by atoms with E-state index in [2.05, 4.69) is 36.2 Å². The first-order valence-electron chi connectivity index (χ1n) is 5.91. The van der Waals surface area contributed by atoms with E-state index in [9.17, 15) is 0 Å². The van der Waals surface area contributed by atoms with Crippen LogP contribution < -0.4 is 5.73 Å². The van der Waals surface area contributed by atoms with E-state index in [-0.39, 0.29) is 5.41 Å². The highest BCUT2D eigenvalue weighted by Gasteiger charge is 2.26.